The minimum atomic E-state index is -0.981. The maximum atomic E-state index is 12.1. The predicted molar refractivity (Wildman–Crippen MR) is 82.2 cm³/mol. The molecule has 1 atom stereocenters. The zero-order valence-electron chi connectivity index (χ0n) is 12.5. The van der Waals surface area contributed by atoms with E-state index in [1.165, 1.54) is 24.3 Å². The Morgan fingerprint density at radius 1 is 1.21 bits per heavy atom. The summed E-state index contributed by atoms with van der Waals surface area (Å²) in [6, 6.07) is 12.6. The van der Waals surface area contributed by atoms with E-state index in [4.69, 9.17) is 9.47 Å². The van der Waals surface area contributed by atoms with Gasteiger partial charge in [0, 0.05) is 18.6 Å². The lowest BCUT2D eigenvalue weighted by Gasteiger charge is -2.23. The molecule has 3 rings (SSSR count). The third kappa shape index (κ3) is 3.24. The number of nitrogens with zero attached hydrogens (tertiary/aromatic N) is 1. The first kappa shape index (κ1) is 15.7. The molecule has 0 saturated carbocycles. The number of rotatable bonds is 4. The van der Waals surface area contributed by atoms with Crippen molar-refractivity contribution in [3.63, 3.8) is 0 Å². The van der Waals surface area contributed by atoms with E-state index in [-0.39, 0.29) is 18.7 Å². The van der Waals surface area contributed by atoms with Crippen LogP contribution in [0.1, 0.15) is 21.5 Å². The Balaban J connectivity index is 1.62. The summed E-state index contributed by atoms with van der Waals surface area (Å²) >= 11 is 0. The summed E-state index contributed by atoms with van der Waals surface area (Å²) in [6.07, 6.45) is -0.716. The number of ether oxygens (including phenoxy) is 2. The first-order valence-electron chi connectivity index (χ1n) is 7.23. The number of carbonyl (C=O) groups excluding carboxylic acids is 2. The molecule has 0 fully saturated rings. The predicted octanol–water partition coefficient (Wildman–Crippen LogP) is 2.42. The van der Waals surface area contributed by atoms with Gasteiger partial charge in [0.2, 0.25) is 6.10 Å². The van der Waals surface area contributed by atoms with Crippen LogP contribution >= 0.6 is 0 Å². The number of benzene rings is 2. The van der Waals surface area contributed by atoms with Gasteiger partial charge in [-0.2, -0.15) is 0 Å². The summed E-state index contributed by atoms with van der Waals surface area (Å²) in [7, 11) is 0. The van der Waals surface area contributed by atoms with Crippen molar-refractivity contribution >= 4 is 17.6 Å². The highest BCUT2D eigenvalue weighted by atomic mass is 16.6. The van der Waals surface area contributed by atoms with Crippen molar-refractivity contribution in [2.24, 2.45) is 0 Å². The van der Waals surface area contributed by atoms with Crippen molar-refractivity contribution in [1.29, 1.82) is 0 Å². The molecule has 0 unspecified atom stereocenters. The van der Waals surface area contributed by atoms with Crippen LogP contribution in [-0.2, 0) is 27.3 Å². The molecular weight excluding hydrogens is 314 g/mol. The molecule has 0 spiro atoms. The topological polar surface area (TPSA) is 95.7 Å². The largest absolute Gasteiger partial charge is 0.458 e. The highest BCUT2D eigenvalue weighted by Gasteiger charge is 2.32. The van der Waals surface area contributed by atoms with E-state index < -0.39 is 23.0 Å². The Kier molecular flexibility index (Phi) is 4.24. The summed E-state index contributed by atoms with van der Waals surface area (Å²) in [5.74, 6) is -1.19. The fraction of sp³-hybridized carbons (Fsp3) is 0.176. The van der Waals surface area contributed by atoms with Crippen molar-refractivity contribution in [2.75, 3.05) is 0 Å². The zero-order chi connectivity index (χ0) is 17.1. The summed E-state index contributed by atoms with van der Waals surface area (Å²) in [5, 5.41) is 10.6. The van der Waals surface area contributed by atoms with E-state index in [0.29, 0.717) is 11.1 Å². The molecule has 0 aliphatic carbocycles. The summed E-state index contributed by atoms with van der Waals surface area (Å²) in [5.41, 5.74) is 1.77. The van der Waals surface area contributed by atoms with Crippen molar-refractivity contribution in [2.45, 2.75) is 19.1 Å². The second-order valence-electron chi connectivity index (χ2n) is 5.29. The van der Waals surface area contributed by atoms with E-state index >= 15 is 0 Å². The zero-order valence-corrected chi connectivity index (χ0v) is 12.5. The lowest BCUT2D eigenvalue weighted by Crippen LogP contribution is -2.35. The molecule has 0 radical (unpaired) electrons. The average Bonchev–Trinajstić information content (AvgIpc) is 2.60. The second kappa shape index (κ2) is 6.49. The maximum absolute atomic E-state index is 12.1. The number of hydrogen-bond acceptors (Lipinski definition) is 6. The van der Waals surface area contributed by atoms with E-state index in [0.717, 1.165) is 5.56 Å². The lowest BCUT2D eigenvalue weighted by atomic mass is 9.99. The van der Waals surface area contributed by atoms with Crippen LogP contribution in [0.25, 0.3) is 0 Å². The first-order valence-corrected chi connectivity index (χ1v) is 7.23. The van der Waals surface area contributed by atoms with Gasteiger partial charge in [0.25, 0.3) is 5.69 Å². The van der Waals surface area contributed by atoms with Crippen LogP contribution < -0.4 is 0 Å². The smallest absolute Gasteiger partial charge is 0.348 e. The Hall–Kier alpha value is -3.22. The molecule has 1 aliphatic rings. The first-order chi connectivity index (χ1) is 11.5. The molecule has 24 heavy (non-hydrogen) atoms. The van der Waals surface area contributed by atoms with Gasteiger partial charge in [-0.05, 0) is 29.3 Å². The normalized spacial score (nSPS) is 16.0. The van der Waals surface area contributed by atoms with Gasteiger partial charge >= 0.3 is 11.9 Å². The van der Waals surface area contributed by atoms with Crippen LogP contribution in [0.3, 0.4) is 0 Å². The number of carbonyl (C=O) groups is 2. The number of non-ortho nitro benzene ring substituents is 1. The molecule has 7 nitrogen and oxygen atoms in total. The van der Waals surface area contributed by atoms with Crippen molar-refractivity contribution in [1.82, 2.24) is 0 Å². The van der Waals surface area contributed by atoms with Gasteiger partial charge < -0.3 is 9.47 Å². The number of nitro groups is 1. The molecule has 1 aliphatic heterocycles. The Bertz CT molecular complexity index is 799. The minimum absolute atomic E-state index is 0.0390. The second-order valence-corrected chi connectivity index (χ2v) is 5.29. The van der Waals surface area contributed by atoms with Crippen molar-refractivity contribution in [3.8, 4) is 0 Å². The van der Waals surface area contributed by atoms with E-state index in [1.54, 1.807) is 24.3 Å². The highest BCUT2D eigenvalue weighted by molar-refractivity contribution is 5.94. The third-order valence-corrected chi connectivity index (χ3v) is 3.68. The van der Waals surface area contributed by atoms with Gasteiger partial charge in [0.05, 0.1) is 10.5 Å². The van der Waals surface area contributed by atoms with Crippen LogP contribution in [0.2, 0.25) is 0 Å². The Morgan fingerprint density at radius 3 is 2.62 bits per heavy atom. The van der Waals surface area contributed by atoms with Crippen molar-refractivity contribution in [3.05, 3.63) is 75.3 Å². The maximum Gasteiger partial charge on any atom is 0.348 e. The van der Waals surface area contributed by atoms with Crippen LogP contribution in [-0.4, -0.2) is 23.0 Å². The highest BCUT2D eigenvalue weighted by Crippen LogP contribution is 2.21. The van der Waals surface area contributed by atoms with Crippen molar-refractivity contribution < 1.29 is 24.0 Å². The number of hydrogen-bond donors (Lipinski definition) is 0. The van der Waals surface area contributed by atoms with Gasteiger partial charge in [0.15, 0.2) is 0 Å². The summed E-state index contributed by atoms with van der Waals surface area (Å²) in [4.78, 5) is 34.1. The summed E-state index contributed by atoms with van der Waals surface area (Å²) in [6.45, 7) is -0.0491. The molecule has 0 aromatic heterocycles. The third-order valence-electron chi connectivity index (χ3n) is 3.68. The van der Waals surface area contributed by atoms with Gasteiger partial charge in [-0.25, -0.2) is 9.59 Å². The fourth-order valence-electron chi connectivity index (χ4n) is 2.42. The lowest BCUT2D eigenvalue weighted by molar-refractivity contribution is -0.384. The van der Waals surface area contributed by atoms with Crippen LogP contribution in [0.15, 0.2) is 48.5 Å². The number of nitro benzene ring substituents is 1. The molecule has 7 heteroatoms. The summed E-state index contributed by atoms with van der Waals surface area (Å²) < 4.78 is 10.3. The fourth-order valence-corrected chi connectivity index (χ4v) is 2.42. The molecular formula is C17H13NO6. The molecule has 1 heterocycles. The molecule has 2 aromatic rings. The number of cyclic esters (lactones) is 1. The quantitative estimate of drug-likeness (QED) is 0.486. The van der Waals surface area contributed by atoms with Crippen LogP contribution in [0.4, 0.5) is 5.69 Å². The molecule has 0 saturated heterocycles. The standard InChI is InChI=1S/C17H13NO6/c19-16-14-4-2-1-3-12(14)9-15(24-16)17(20)23-10-11-5-7-13(8-6-11)18(21)22/h1-8,15H,9-10H2/t15-/m0/s1. The monoisotopic (exact) mass is 327 g/mol. The molecule has 0 amide bonds. The van der Waals surface area contributed by atoms with Gasteiger partial charge in [-0.1, -0.05) is 18.2 Å². The van der Waals surface area contributed by atoms with E-state index in [2.05, 4.69) is 0 Å². The average molecular weight is 327 g/mol. The Labute approximate surface area is 137 Å². The van der Waals surface area contributed by atoms with E-state index in [9.17, 15) is 19.7 Å². The van der Waals surface area contributed by atoms with Gasteiger partial charge in [-0.3, -0.25) is 10.1 Å². The molecule has 0 N–H and O–H groups in total. The Morgan fingerprint density at radius 2 is 1.92 bits per heavy atom. The molecule has 122 valence electrons. The van der Waals surface area contributed by atoms with E-state index in [1.807, 2.05) is 0 Å². The number of fused-ring (bicyclic) bond motifs is 1. The number of esters is 2. The van der Waals surface area contributed by atoms with Crippen LogP contribution in [0, 0.1) is 10.1 Å². The van der Waals surface area contributed by atoms with Crippen LogP contribution in [0.5, 0.6) is 0 Å². The SMILES string of the molecule is O=C1O[C@H](C(=O)OCc2ccc([N+](=O)[O-])cc2)Cc2ccccc21. The van der Waals surface area contributed by atoms with Gasteiger partial charge in [-0.15, -0.1) is 0 Å². The minimum Gasteiger partial charge on any atom is -0.458 e. The van der Waals surface area contributed by atoms with Gasteiger partial charge in [0.1, 0.15) is 6.61 Å². The molecule has 2 aromatic carbocycles. The molecule has 0 bridgehead atoms.